The third-order valence-electron chi connectivity index (χ3n) is 7.10. The first-order chi connectivity index (χ1) is 17.1. The monoisotopic (exact) mass is 464 g/mol. The molecule has 5 rings (SSSR count). The second-order valence-corrected chi connectivity index (χ2v) is 9.04. The summed E-state index contributed by atoms with van der Waals surface area (Å²) in [5.41, 5.74) is 4.92. The molecule has 0 bridgehead atoms. The number of carboxylic acids is 1. The van der Waals surface area contributed by atoms with E-state index in [9.17, 15) is 15.0 Å². The molecule has 176 valence electrons. The average molecular weight is 465 g/mol. The summed E-state index contributed by atoms with van der Waals surface area (Å²) in [7, 11) is 0. The molecule has 1 saturated carbocycles. The number of hydrogen-bond acceptors (Lipinski definition) is 3. The molecule has 0 amide bonds. The Morgan fingerprint density at radius 1 is 0.714 bits per heavy atom. The highest BCUT2D eigenvalue weighted by Gasteiger charge is 2.58. The lowest BCUT2D eigenvalue weighted by Crippen LogP contribution is -2.52. The predicted octanol–water partition coefficient (Wildman–Crippen LogP) is 6.09. The van der Waals surface area contributed by atoms with Crippen LogP contribution in [0.5, 0.6) is 0 Å². The SMILES string of the molecule is O=C(O)[C@H]1C(c2ccccc2)[C@@H](C(O)OCc2ccccc2-c2ccccc2)C1c1ccccc1. The second-order valence-electron chi connectivity index (χ2n) is 9.04. The summed E-state index contributed by atoms with van der Waals surface area (Å²) in [5.74, 6) is -2.58. The van der Waals surface area contributed by atoms with Crippen LogP contribution in [0.15, 0.2) is 115 Å². The third-order valence-corrected chi connectivity index (χ3v) is 7.10. The molecular formula is C31H28O4. The fourth-order valence-corrected chi connectivity index (χ4v) is 5.48. The molecular weight excluding hydrogens is 436 g/mol. The van der Waals surface area contributed by atoms with E-state index in [1.165, 1.54) is 0 Å². The zero-order valence-electron chi connectivity index (χ0n) is 19.3. The molecule has 2 N–H and O–H groups in total. The van der Waals surface area contributed by atoms with E-state index < -0.39 is 18.2 Å². The van der Waals surface area contributed by atoms with Gasteiger partial charge in [0.1, 0.15) is 0 Å². The van der Waals surface area contributed by atoms with Gasteiger partial charge in [0.2, 0.25) is 0 Å². The molecule has 35 heavy (non-hydrogen) atoms. The molecule has 3 atom stereocenters. The lowest BCUT2D eigenvalue weighted by molar-refractivity contribution is -0.193. The van der Waals surface area contributed by atoms with Gasteiger partial charge in [-0.2, -0.15) is 0 Å². The fourth-order valence-electron chi connectivity index (χ4n) is 5.48. The first-order valence-corrected chi connectivity index (χ1v) is 11.9. The number of carboxylic acid groups (broad SMARTS) is 1. The Kier molecular flexibility index (Phi) is 6.75. The molecule has 1 fully saturated rings. The second kappa shape index (κ2) is 10.3. The van der Waals surface area contributed by atoms with Crippen LogP contribution in [0, 0.1) is 11.8 Å². The molecule has 4 aromatic rings. The molecule has 0 saturated heterocycles. The van der Waals surface area contributed by atoms with Gasteiger partial charge < -0.3 is 14.9 Å². The Hall–Kier alpha value is -3.73. The Bertz CT molecular complexity index is 1210. The van der Waals surface area contributed by atoms with Crippen molar-refractivity contribution in [3.8, 4) is 11.1 Å². The van der Waals surface area contributed by atoms with Crippen LogP contribution in [0.3, 0.4) is 0 Å². The number of aliphatic hydroxyl groups excluding tert-OH is 1. The first kappa shape index (κ1) is 23.0. The lowest BCUT2D eigenvalue weighted by atomic mass is 9.52. The van der Waals surface area contributed by atoms with Gasteiger partial charge in [-0.05, 0) is 27.8 Å². The van der Waals surface area contributed by atoms with Crippen molar-refractivity contribution in [2.75, 3.05) is 0 Å². The van der Waals surface area contributed by atoms with Gasteiger partial charge in [-0.25, -0.2) is 0 Å². The van der Waals surface area contributed by atoms with Crippen molar-refractivity contribution in [1.29, 1.82) is 0 Å². The number of aliphatic carboxylic acids is 1. The van der Waals surface area contributed by atoms with Crippen LogP contribution in [-0.2, 0) is 16.1 Å². The summed E-state index contributed by atoms with van der Waals surface area (Å²) < 4.78 is 6.09. The summed E-state index contributed by atoms with van der Waals surface area (Å²) in [6.07, 6.45) is -1.12. The summed E-state index contributed by atoms with van der Waals surface area (Å²) in [6, 6.07) is 37.3. The highest BCUT2D eigenvalue weighted by Crippen LogP contribution is 2.59. The number of rotatable bonds is 8. The lowest BCUT2D eigenvalue weighted by Gasteiger charge is -2.52. The number of carbonyl (C=O) groups is 1. The van der Waals surface area contributed by atoms with Crippen LogP contribution in [0.1, 0.15) is 28.5 Å². The smallest absolute Gasteiger partial charge is 0.307 e. The summed E-state index contributed by atoms with van der Waals surface area (Å²) >= 11 is 0. The van der Waals surface area contributed by atoms with E-state index >= 15 is 0 Å². The topological polar surface area (TPSA) is 66.8 Å². The van der Waals surface area contributed by atoms with Crippen molar-refractivity contribution in [3.63, 3.8) is 0 Å². The quantitative estimate of drug-likeness (QED) is 0.310. The molecule has 4 aromatic carbocycles. The number of benzene rings is 4. The Morgan fingerprint density at radius 3 is 1.74 bits per heavy atom. The van der Waals surface area contributed by atoms with E-state index in [1.54, 1.807) is 0 Å². The van der Waals surface area contributed by atoms with Crippen LogP contribution in [0.2, 0.25) is 0 Å². The zero-order valence-corrected chi connectivity index (χ0v) is 19.3. The van der Waals surface area contributed by atoms with Gasteiger partial charge in [0.15, 0.2) is 6.29 Å². The van der Waals surface area contributed by atoms with Crippen molar-refractivity contribution in [2.45, 2.75) is 24.7 Å². The number of aliphatic hydroxyl groups is 1. The minimum atomic E-state index is -1.12. The first-order valence-electron chi connectivity index (χ1n) is 11.9. The van der Waals surface area contributed by atoms with Gasteiger partial charge in [0.05, 0.1) is 12.5 Å². The summed E-state index contributed by atoms with van der Waals surface area (Å²) in [4.78, 5) is 12.4. The number of ether oxygens (including phenoxy) is 1. The third kappa shape index (κ3) is 4.63. The molecule has 1 aliphatic carbocycles. The van der Waals surface area contributed by atoms with Crippen molar-refractivity contribution < 1.29 is 19.7 Å². The van der Waals surface area contributed by atoms with Gasteiger partial charge in [0.25, 0.3) is 0 Å². The number of hydrogen-bond donors (Lipinski definition) is 2. The molecule has 0 spiro atoms. The van der Waals surface area contributed by atoms with Gasteiger partial charge in [-0.1, -0.05) is 115 Å². The van der Waals surface area contributed by atoms with Crippen molar-refractivity contribution in [2.24, 2.45) is 11.8 Å². The molecule has 0 aliphatic heterocycles. The van der Waals surface area contributed by atoms with Crippen molar-refractivity contribution in [3.05, 3.63) is 132 Å². The Labute approximate surface area is 205 Å². The van der Waals surface area contributed by atoms with Crippen molar-refractivity contribution >= 4 is 5.97 Å². The van der Waals surface area contributed by atoms with Crippen LogP contribution < -0.4 is 0 Å². The van der Waals surface area contributed by atoms with Gasteiger partial charge in [-0.15, -0.1) is 0 Å². The van der Waals surface area contributed by atoms with Crippen LogP contribution in [-0.4, -0.2) is 22.5 Å². The van der Waals surface area contributed by atoms with E-state index in [0.29, 0.717) is 0 Å². The molecule has 3 unspecified atom stereocenters. The minimum Gasteiger partial charge on any atom is -0.481 e. The van der Waals surface area contributed by atoms with E-state index in [-0.39, 0.29) is 24.4 Å². The van der Waals surface area contributed by atoms with E-state index in [0.717, 1.165) is 27.8 Å². The molecule has 4 nitrogen and oxygen atoms in total. The minimum absolute atomic E-state index is 0.226. The summed E-state index contributed by atoms with van der Waals surface area (Å²) in [6.45, 7) is 0.226. The van der Waals surface area contributed by atoms with Gasteiger partial charge >= 0.3 is 5.97 Å². The molecule has 4 heteroatoms. The maximum Gasteiger partial charge on any atom is 0.307 e. The Balaban J connectivity index is 1.44. The maximum absolute atomic E-state index is 12.4. The highest BCUT2D eigenvalue weighted by molar-refractivity contribution is 5.75. The standard InChI is InChI=1S/C31H28O4/c32-30(33)28-26(22-14-6-2-7-15-22)29(27(28)23-16-8-3-9-17-23)31(34)35-20-24-18-10-11-19-25(24)21-12-4-1-5-13-21/h1-19,26-29,31,34H,20H2,(H,32,33)/t26?,27?,28-,29+,31?. The highest BCUT2D eigenvalue weighted by atomic mass is 16.6. The fraction of sp³-hybridized carbons (Fsp3) is 0.194. The van der Waals surface area contributed by atoms with Crippen molar-refractivity contribution in [1.82, 2.24) is 0 Å². The largest absolute Gasteiger partial charge is 0.481 e. The molecule has 0 aromatic heterocycles. The predicted molar refractivity (Wildman–Crippen MR) is 136 cm³/mol. The summed E-state index contributed by atoms with van der Waals surface area (Å²) in [5, 5.41) is 21.5. The van der Waals surface area contributed by atoms with Gasteiger partial charge in [-0.3, -0.25) is 4.79 Å². The zero-order chi connectivity index (χ0) is 24.2. The van der Waals surface area contributed by atoms with E-state index in [4.69, 9.17) is 4.74 Å². The van der Waals surface area contributed by atoms with Gasteiger partial charge in [0, 0.05) is 17.8 Å². The molecule has 0 heterocycles. The average Bonchev–Trinajstić information content (AvgIpc) is 2.89. The van der Waals surface area contributed by atoms with Crippen LogP contribution >= 0.6 is 0 Å². The van der Waals surface area contributed by atoms with E-state index in [2.05, 4.69) is 12.1 Å². The maximum atomic E-state index is 12.4. The normalized spacial score (nSPS) is 22.2. The van der Waals surface area contributed by atoms with Crippen LogP contribution in [0.25, 0.3) is 11.1 Å². The van der Waals surface area contributed by atoms with E-state index in [1.807, 2.05) is 103 Å². The Morgan fingerprint density at radius 2 is 1.20 bits per heavy atom. The van der Waals surface area contributed by atoms with Crippen LogP contribution in [0.4, 0.5) is 0 Å². The molecule has 0 radical (unpaired) electrons. The molecule has 1 aliphatic rings.